The van der Waals surface area contributed by atoms with Gasteiger partial charge in [-0.2, -0.15) is 0 Å². The molecule has 1 saturated carbocycles. The first kappa shape index (κ1) is 30.3. The number of hydrogen-bond donors (Lipinski definition) is 2. The molecule has 2 aromatic carbocycles. The maximum atomic E-state index is 13.5. The Bertz CT molecular complexity index is 965. The standard InChI is InChI=1S/C34H48N2O4/c1-27-18-12-8-6-4-2-3-5-7-9-17-23-34(24-27)39-30(32(37)35-25-28-19-13-10-14-20-28)31(40-34)33(38)36-26-29-21-15-11-16-22-29/h10-11,13-16,19-22,27,30-31H,2-9,12,17-18,23-26H2,1H3,(H,35,37)(H,36,38)/t27?,30-,31?,34?/m1/s1. The van der Waals surface area contributed by atoms with Crippen molar-refractivity contribution < 1.29 is 19.1 Å². The van der Waals surface area contributed by atoms with E-state index in [9.17, 15) is 9.59 Å². The third-order valence-corrected chi connectivity index (χ3v) is 8.26. The van der Waals surface area contributed by atoms with Gasteiger partial charge in [-0.3, -0.25) is 9.59 Å². The lowest BCUT2D eigenvalue weighted by molar-refractivity contribution is -0.195. The Morgan fingerprint density at radius 1 is 0.675 bits per heavy atom. The highest BCUT2D eigenvalue weighted by Crippen LogP contribution is 2.40. The summed E-state index contributed by atoms with van der Waals surface area (Å²) in [5, 5.41) is 6.00. The minimum atomic E-state index is -0.992. The largest absolute Gasteiger partial charge is 0.350 e. The van der Waals surface area contributed by atoms with E-state index in [0.717, 1.165) is 30.4 Å². The third-order valence-electron chi connectivity index (χ3n) is 8.26. The zero-order valence-corrected chi connectivity index (χ0v) is 24.2. The van der Waals surface area contributed by atoms with Gasteiger partial charge in [-0.05, 0) is 23.5 Å². The van der Waals surface area contributed by atoms with Gasteiger partial charge in [0.1, 0.15) is 0 Å². The molecule has 1 spiro atoms. The maximum Gasteiger partial charge on any atom is 0.252 e. The molecular formula is C34H48N2O4. The van der Waals surface area contributed by atoms with Gasteiger partial charge >= 0.3 is 0 Å². The first-order valence-corrected chi connectivity index (χ1v) is 15.5. The smallest absolute Gasteiger partial charge is 0.252 e. The van der Waals surface area contributed by atoms with Crippen LogP contribution in [0, 0.1) is 5.92 Å². The van der Waals surface area contributed by atoms with Gasteiger partial charge in [-0.25, -0.2) is 0 Å². The Morgan fingerprint density at radius 2 is 1.10 bits per heavy atom. The Kier molecular flexibility index (Phi) is 12.0. The van der Waals surface area contributed by atoms with Crippen LogP contribution in [0.2, 0.25) is 0 Å². The maximum absolute atomic E-state index is 13.5. The van der Waals surface area contributed by atoms with Crippen LogP contribution in [0.3, 0.4) is 0 Å². The van der Waals surface area contributed by atoms with E-state index < -0.39 is 18.0 Å². The predicted octanol–water partition coefficient (Wildman–Crippen LogP) is 6.82. The second-order valence-electron chi connectivity index (χ2n) is 11.8. The number of amides is 2. The van der Waals surface area contributed by atoms with Gasteiger partial charge in [0.05, 0.1) is 0 Å². The van der Waals surface area contributed by atoms with Crippen LogP contribution in [0.1, 0.15) is 102 Å². The SMILES string of the molecule is CC1CCCCCCCCCCCCC2(C1)OC(C(=O)NCc1ccccc1)[C@H](C(=O)NCc1ccccc1)O2. The van der Waals surface area contributed by atoms with E-state index >= 15 is 0 Å². The van der Waals surface area contributed by atoms with Crippen molar-refractivity contribution in [2.75, 3.05) is 0 Å². The van der Waals surface area contributed by atoms with Crippen molar-refractivity contribution in [2.45, 2.75) is 121 Å². The molecule has 2 fully saturated rings. The summed E-state index contributed by atoms with van der Waals surface area (Å²) in [6, 6.07) is 19.6. The quantitative estimate of drug-likeness (QED) is 0.415. The molecule has 2 amide bonds. The zero-order chi connectivity index (χ0) is 28.0. The van der Waals surface area contributed by atoms with Crippen LogP contribution in [0.5, 0.6) is 0 Å². The molecular weight excluding hydrogens is 500 g/mol. The molecule has 1 heterocycles. The van der Waals surface area contributed by atoms with E-state index in [4.69, 9.17) is 9.47 Å². The summed E-state index contributed by atoms with van der Waals surface area (Å²) in [7, 11) is 0. The number of hydrogen-bond acceptors (Lipinski definition) is 4. The van der Waals surface area contributed by atoms with Crippen molar-refractivity contribution in [3.05, 3.63) is 71.8 Å². The van der Waals surface area contributed by atoms with Crippen LogP contribution in [0.15, 0.2) is 60.7 Å². The summed E-state index contributed by atoms with van der Waals surface area (Å²) in [6.45, 7) is 3.00. The summed E-state index contributed by atoms with van der Waals surface area (Å²) >= 11 is 0. The lowest BCUT2D eigenvalue weighted by Gasteiger charge is -2.31. The topological polar surface area (TPSA) is 76.7 Å². The molecule has 218 valence electrons. The highest BCUT2D eigenvalue weighted by atomic mass is 16.8. The van der Waals surface area contributed by atoms with Crippen molar-refractivity contribution in [3.63, 3.8) is 0 Å². The van der Waals surface area contributed by atoms with Gasteiger partial charge in [0.2, 0.25) is 0 Å². The molecule has 2 aliphatic rings. The van der Waals surface area contributed by atoms with Crippen molar-refractivity contribution in [3.8, 4) is 0 Å². The molecule has 6 nitrogen and oxygen atoms in total. The fourth-order valence-electron chi connectivity index (χ4n) is 6.02. The fraction of sp³-hybridized carbons (Fsp3) is 0.588. The van der Waals surface area contributed by atoms with Gasteiger partial charge in [-0.1, -0.05) is 132 Å². The Morgan fingerprint density at radius 3 is 1.57 bits per heavy atom. The predicted molar refractivity (Wildman–Crippen MR) is 158 cm³/mol. The molecule has 4 rings (SSSR count). The van der Waals surface area contributed by atoms with E-state index in [1.54, 1.807) is 0 Å². The van der Waals surface area contributed by atoms with Gasteiger partial charge < -0.3 is 20.1 Å². The Hall–Kier alpha value is -2.70. The first-order chi connectivity index (χ1) is 19.5. The summed E-state index contributed by atoms with van der Waals surface area (Å²) in [5.74, 6) is -1.15. The second-order valence-corrected chi connectivity index (χ2v) is 11.8. The Labute approximate surface area is 240 Å². The average molecular weight is 549 g/mol. The van der Waals surface area contributed by atoms with Gasteiger partial charge in [0.25, 0.3) is 11.8 Å². The summed E-state index contributed by atoms with van der Waals surface area (Å²) < 4.78 is 13.2. The molecule has 40 heavy (non-hydrogen) atoms. The molecule has 2 aromatic rings. The molecule has 4 atom stereocenters. The van der Waals surface area contributed by atoms with Crippen LogP contribution >= 0.6 is 0 Å². The van der Waals surface area contributed by atoms with Gasteiger partial charge in [-0.15, -0.1) is 0 Å². The van der Waals surface area contributed by atoms with Gasteiger partial charge in [0.15, 0.2) is 18.0 Å². The van der Waals surface area contributed by atoms with Gasteiger partial charge in [0, 0.05) is 25.9 Å². The van der Waals surface area contributed by atoms with Crippen LogP contribution in [-0.2, 0) is 32.2 Å². The van der Waals surface area contributed by atoms with E-state index in [2.05, 4.69) is 17.6 Å². The second kappa shape index (κ2) is 15.9. The molecule has 2 N–H and O–H groups in total. The van der Waals surface area contributed by atoms with Crippen molar-refractivity contribution in [2.24, 2.45) is 5.92 Å². The average Bonchev–Trinajstić information content (AvgIpc) is 3.35. The molecule has 6 heteroatoms. The number of benzene rings is 2. The van der Waals surface area contributed by atoms with Crippen LogP contribution in [0.4, 0.5) is 0 Å². The third kappa shape index (κ3) is 9.45. The van der Waals surface area contributed by atoms with E-state index in [-0.39, 0.29) is 11.8 Å². The number of carbonyl (C=O) groups excluding carboxylic acids is 2. The number of carbonyl (C=O) groups is 2. The summed E-state index contributed by atoms with van der Waals surface area (Å²) in [5.41, 5.74) is 1.99. The fourth-order valence-corrected chi connectivity index (χ4v) is 6.02. The molecule has 1 saturated heterocycles. The van der Waals surface area contributed by atoms with Crippen molar-refractivity contribution >= 4 is 11.8 Å². The molecule has 0 bridgehead atoms. The Balaban J connectivity index is 1.49. The molecule has 0 aromatic heterocycles. The zero-order valence-electron chi connectivity index (χ0n) is 24.2. The molecule has 3 unspecified atom stereocenters. The summed E-state index contributed by atoms with van der Waals surface area (Å²) in [4.78, 5) is 27.0. The number of ether oxygens (including phenoxy) is 2. The number of nitrogens with one attached hydrogen (secondary N) is 2. The highest BCUT2D eigenvalue weighted by molar-refractivity contribution is 5.91. The van der Waals surface area contributed by atoms with Crippen LogP contribution in [-0.4, -0.2) is 29.8 Å². The van der Waals surface area contributed by atoms with Crippen LogP contribution in [0.25, 0.3) is 0 Å². The molecule has 1 aliphatic carbocycles. The molecule has 0 radical (unpaired) electrons. The van der Waals surface area contributed by atoms with E-state index in [0.29, 0.717) is 31.8 Å². The lowest BCUT2D eigenvalue weighted by atomic mass is 9.92. The first-order valence-electron chi connectivity index (χ1n) is 15.5. The van der Waals surface area contributed by atoms with Crippen molar-refractivity contribution in [1.29, 1.82) is 0 Å². The number of rotatable bonds is 6. The normalized spacial score (nSPS) is 26.9. The monoisotopic (exact) mass is 548 g/mol. The minimum Gasteiger partial charge on any atom is -0.350 e. The highest BCUT2D eigenvalue weighted by Gasteiger charge is 2.53. The van der Waals surface area contributed by atoms with E-state index in [1.165, 1.54) is 51.4 Å². The van der Waals surface area contributed by atoms with E-state index in [1.807, 2.05) is 60.7 Å². The van der Waals surface area contributed by atoms with Crippen molar-refractivity contribution in [1.82, 2.24) is 10.6 Å². The van der Waals surface area contributed by atoms with Crippen LogP contribution < -0.4 is 10.6 Å². The molecule has 1 aliphatic heterocycles. The summed E-state index contributed by atoms with van der Waals surface area (Å²) in [6.07, 6.45) is 12.8. The minimum absolute atomic E-state index is 0.302. The lowest BCUT2D eigenvalue weighted by Crippen LogP contribution is -2.47.